The molecule has 0 aliphatic carbocycles. The average Bonchev–Trinajstić information content (AvgIpc) is 2.08. The second-order valence-corrected chi connectivity index (χ2v) is 5.55. The minimum absolute atomic E-state index is 0.0190. The van der Waals surface area contributed by atoms with Gasteiger partial charge >= 0.3 is 5.97 Å². The topological polar surface area (TPSA) is 57.5 Å². The zero-order chi connectivity index (χ0) is 12.9. The van der Waals surface area contributed by atoms with Gasteiger partial charge in [0.25, 0.3) is 0 Å². The van der Waals surface area contributed by atoms with Crippen molar-refractivity contribution in [1.82, 2.24) is 0 Å². The maximum Gasteiger partial charge on any atom is 0.303 e. The summed E-state index contributed by atoms with van der Waals surface area (Å²) in [6.07, 6.45) is 3.73. The monoisotopic (exact) mass is 246 g/mol. The molecule has 0 bridgehead atoms. The van der Waals surface area contributed by atoms with E-state index < -0.39 is 11.6 Å². The van der Waals surface area contributed by atoms with E-state index in [1.165, 1.54) is 0 Å². The van der Waals surface area contributed by atoms with Crippen LogP contribution in [0.15, 0.2) is 12.2 Å². The number of allylic oxidation sites excluding steroid dienone is 1. The number of thiol groups is 1. The Kier molecular flexibility index (Phi) is 6.11. The van der Waals surface area contributed by atoms with Gasteiger partial charge in [0.05, 0.1) is 12.0 Å². The van der Waals surface area contributed by atoms with Gasteiger partial charge in [-0.05, 0) is 25.7 Å². The molecule has 0 aliphatic rings. The van der Waals surface area contributed by atoms with E-state index in [4.69, 9.17) is 5.11 Å². The summed E-state index contributed by atoms with van der Waals surface area (Å²) in [6.45, 7) is 7.32. The molecule has 0 aromatic carbocycles. The molecule has 0 aromatic rings. The van der Waals surface area contributed by atoms with Gasteiger partial charge in [0.15, 0.2) is 0 Å². The maximum absolute atomic E-state index is 10.7. The number of aliphatic carboxylic acids is 1. The van der Waals surface area contributed by atoms with Crippen molar-refractivity contribution in [2.45, 2.75) is 45.0 Å². The highest BCUT2D eigenvalue weighted by atomic mass is 32.1. The average molecular weight is 246 g/mol. The molecule has 2 N–H and O–H groups in total. The number of hydrogen-bond donors (Lipinski definition) is 3. The van der Waals surface area contributed by atoms with Gasteiger partial charge in [-0.15, -0.1) is 0 Å². The Morgan fingerprint density at radius 3 is 2.19 bits per heavy atom. The zero-order valence-electron chi connectivity index (χ0n) is 10.3. The summed E-state index contributed by atoms with van der Waals surface area (Å²) in [6, 6.07) is 0. The summed E-state index contributed by atoms with van der Waals surface area (Å²) < 4.78 is 0. The van der Waals surface area contributed by atoms with E-state index >= 15 is 0 Å². The van der Waals surface area contributed by atoms with Crippen molar-refractivity contribution in [3.63, 3.8) is 0 Å². The first-order valence-electron chi connectivity index (χ1n) is 5.45. The molecule has 0 radical (unpaired) electrons. The summed E-state index contributed by atoms with van der Waals surface area (Å²) in [5.41, 5.74) is -0.898. The van der Waals surface area contributed by atoms with Crippen molar-refractivity contribution in [2.75, 3.05) is 0 Å². The largest absolute Gasteiger partial charge is 0.481 e. The zero-order valence-corrected chi connectivity index (χ0v) is 11.2. The fraction of sp³-hybridized carbons (Fsp3) is 0.750. The Balaban J connectivity index is 4.51. The maximum atomic E-state index is 10.7. The highest BCUT2D eigenvalue weighted by molar-refractivity contribution is 7.81. The van der Waals surface area contributed by atoms with Crippen molar-refractivity contribution < 1.29 is 15.0 Å². The Morgan fingerprint density at radius 1 is 1.38 bits per heavy atom. The molecule has 0 amide bonds. The highest BCUT2D eigenvalue weighted by Crippen LogP contribution is 2.21. The predicted octanol–water partition coefficient (Wildman–Crippen LogP) is 2.36. The molecule has 94 valence electrons. The van der Waals surface area contributed by atoms with Gasteiger partial charge in [-0.2, -0.15) is 12.6 Å². The van der Waals surface area contributed by atoms with E-state index in [1.54, 1.807) is 19.9 Å². The lowest BCUT2D eigenvalue weighted by Gasteiger charge is -2.23. The summed E-state index contributed by atoms with van der Waals surface area (Å²) in [5, 5.41) is 18.1. The van der Waals surface area contributed by atoms with E-state index in [2.05, 4.69) is 12.6 Å². The minimum atomic E-state index is -0.898. The molecule has 0 saturated carbocycles. The summed E-state index contributed by atoms with van der Waals surface area (Å²) >= 11 is 4.26. The molecule has 4 heteroatoms. The molecule has 3 nitrogen and oxygen atoms in total. The van der Waals surface area contributed by atoms with Crippen LogP contribution in [0.2, 0.25) is 0 Å². The fourth-order valence-electron chi connectivity index (χ4n) is 1.21. The second kappa shape index (κ2) is 6.30. The van der Waals surface area contributed by atoms with Gasteiger partial charge in [0.2, 0.25) is 0 Å². The lowest BCUT2D eigenvalue weighted by atomic mass is 9.91. The van der Waals surface area contributed by atoms with Crippen LogP contribution >= 0.6 is 12.6 Å². The van der Waals surface area contributed by atoms with Crippen LogP contribution in [0.5, 0.6) is 0 Å². The number of carbonyl (C=O) groups is 1. The Labute approximate surface area is 103 Å². The van der Waals surface area contributed by atoms with Crippen LogP contribution in [0.3, 0.4) is 0 Å². The first kappa shape index (κ1) is 15.5. The van der Waals surface area contributed by atoms with E-state index in [9.17, 15) is 9.90 Å². The van der Waals surface area contributed by atoms with E-state index in [1.807, 2.05) is 19.9 Å². The fourth-order valence-corrected chi connectivity index (χ4v) is 1.31. The van der Waals surface area contributed by atoms with Crippen molar-refractivity contribution in [3.05, 3.63) is 12.2 Å². The standard InChI is InChI=1S/C12H22O3S/c1-8(2)9(7-11(13)14)5-6-10(16)12(3,4)15/h5-6,8-10,15-16H,7H2,1-4H3,(H,13,14)/t9?,10-/m1/s1. The Bertz CT molecular complexity index is 253. The molecule has 0 spiro atoms. The molecule has 0 aromatic heterocycles. The van der Waals surface area contributed by atoms with Crippen LogP contribution in [-0.2, 0) is 4.79 Å². The SMILES string of the molecule is CC(C)C(C=C[C@@H](S)C(C)(C)O)CC(=O)O. The summed E-state index contributed by atoms with van der Waals surface area (Å²) in [7, 11) is 0. The normalized spacial score (nSPS) is 16.7. The Morgan fingerprint density at radius 2 is 1.88 bits per heavy atom. The van der Waals surface area contributed by atoms with E-state index in [0.717, 1.165) is 0 Å². The number of carboxylic acids is 1. The van der Waals surface area contributed by atoms with Crippen molar-refractivity contribution >= 4 is 18.6 Å². The second-order valence-electron chi connectivity index (χ2n) is 4.99. The molecule has 16 heavy (non-hydrogen) atoms. The van der Waals surface area contributed by atoms with E-state index in [-0.39, 0.29) is 23.5 Å². The van der Waals surface area contributed by atoms with Gasteiger partial charge < -0.3 is 10.2 Å². The van der Waals surface area contributed by atoms with Crippen LogP contribution in [0, 0.1) is 11.8 Å². The number of aliphatic hydroxyl groups is 1. The van der Waals surface area contributed by atoms with Gasteiger partial charge in [0, 0.05) is 5.25 Å². The molecular weight excluding hydrogens is 224 g/mol. The quantitative estimate of drug-likeness (QED) is 0.498. The number of hydrogen-bond acceptors (Lipinski definition) is 3. The molecule has 0 aliphatic heterocycles. The van der Waals surface area contributed by atoms with Crippen LogP contribution < -0.4 is 0 Å². The summed E-state index contributed by atoms with van der Waals surface area (Å²) in [5.74, 6) is -0.563. The van der Waals surface area contributed by atoms with Crippen molar-refractivity contribution in [2.24, 2.45) is 11.8 Å². The first-order valence-corrected chi connectivity index (χ1v) is 5.96. The number of rotatable bonds is 6. The molecule has 2 atom stereocenters. The van der Waals surface area contributed by atoms with Gasteiger partial charge in [-0.25, -0.2) is 0 Å². The van der Waals surface area contributed by atoms with Crippen molar-refractivity contribution in [3.8, 4) is 0 Å². The highest BCUT2D eigenvalue weighted by Gasteiger charge is 2.21. The third-order valence-electron chi connectivity index (χ3n) is 2.53. The third-order valence-corrected chi connectivity index (χ3v) is 3.34. The molecule has 0 rings (SSSR count). The van der Waals surface area contributed by atoms with Gasteiger partial charge in [-0.3, -0.25) is 4.79 Å². The van der Waals surface area contributed by atoms with Gasteiger partial charge in [-0.1, -0.05) is 26.0 Å². The van der Waals surface area contributed by atoms with E-state index in [0.29, 0.717) is 0 Å². The molecule has 0 fully saturated rings. The number of carboxylic acid groups (broad SMARTS) is 1. The first-order chi connectivity index (χ1) is 7.14. The van der Waals surface area contributed by atoms with Crippen LogP contribution in [-0.4, -0.2) is 27.0 Å². The third kappa shape index (κ3) is 6.18. The summed E-state index contributed by atoms with van der Waals surface area (Å²) in [4.78, 5) is 10.7. The lowest BCUT2D eigenvalue weighted by molar-refractivity contribution is -0.138. The van der Waals surface area contributed by atoms with Crippen LogP contribution in [0.4, 0.5) is 0 Å². The lowest BCUT2D eigenvalue weighted by Crippen LogP contribution is -2.30. The molecule has 1 unspecified atom stereocenters. The molecular formula is C12H22O3S. The molecule has 0 heterocycles. The predicted molar refractivity (Wildman–Crippen MR) is 68.8 cm³/mol. The van der Waals surface area contributed by atoms with Gasteiger partial charge in [0.1, 0.15) is 0 Å². The molecule has 0 saturated heterocycles. The minimum Gasteiger partial charge on any atom is -0.481 e. The van der Waals surface area contributed by atoms with Crippen LogP contribution in [0.25, 0.3) is 0 Å². The smallest absolute Gasteiger partial charge is 0.303 e. The van der Waals surface area contributed by atoms with Crippen LogP contribution in [0.1, 0.15) is 34.1 Å². The Hall–Kier alpha value is -0.480. The van der Waals surface area contributed by atoms with Crippen molar-refractivity contribution in [1.29, 1.82) is 0 Å².